The number of hydrogen-bond donors (Lipinski definition) is 1. The summed E-state index contributed by atoms with van der Waals surface area (Å²) >= 11 is 0. The van der Waals surface area contributed by atoms with E-state index < -0.39 is 0 Å². The van der Waals surface area contributed by atoms with E-state index in [2.05, 4.69) is 48.5 Å². The average Bonchev–Trinajstić information content (AvgIpc) is 2.81. The van der Waals surface area contributed by atoms with Crippen LogP contribution in [-0.4, -0.2) is 37.0 Å². The molecule has 0 heterocycles. The van der Waals surface area contributed by atoms with Crippen molar-refractivity contribution in [1.29, 1.82) is 0 Å². The van der Waals surface area contributed by atoms with E-state index in [9.17, 15) is 4.79 Å². The third kappa shape index (κ3) is 2.72. The summed E-state index contributed by atoms with van der Waals surface area (Å²) < 4.78 is 0. The van der Waals surface area contributed by atoms with Crippen LogP contribution in [0.5, 0.6) is 0 Å². The molecule has 3 heteroatoms. The zero-order valence-electron chi connectivity index (χ0n) is 11.4. The highest BCUT2D eigenvalue weighted by Crippen LogP contribution is 2.26. The molecule has 0 bridgehead atoms. The van der Waals surface area contributed by atoms with Crippen LogP contribution >= 0.6 is 0 Å². The third-order valence-corrected chi connectivity index (χ3v) is 4.06. The smallest absolute Gasteiger partial charge is 0.221 e. The van der Waals surface area contributed by atoms with E-state index in [0.717, 1.165) is 12.8 Å². The minimum absolute atomic E-state index is 0.116. The lowest BCUT2D eigenvalue weighted by Gasteiger charge is -2.30. The first-order valence-corrected chi connectivity index (χ1v) is 6.61. The van der Waals surface area contributed by atoms with Crippen molar-refractivity contribution in [2.75, 3.05) is 14.1 Å². The molecule has 0 saturated heterocycles. The highest BCUT2D eigenvalue weighted by Gasteiger charge is 2.27. The minimum atomic E-state index is 0.116. The Hall–Kier alpha value is -1.35. The molecule has 1 amide bonds. The van der Waals surface area contributed by atoms with Crippen molar-refractivity contribution in [3.63, 3.8) is 0 Å². The molecule has 1 aliphatic rings. The molecule has 0 spiro atoms. The second kappa shape index (κ2) is 5.53. The lowest BCUT2D eigenvalue weighted by molar-refractivity contribution is -0.121. The molecule has 2 rings (SSSR count). The van der Waals surface area contributed by atoms with Crippen LogP contribution in [-0.2, 0) is 17.6 Å². The number of benzene rings is 1. The monoisotopic (exact) mass is 246 g/mol. The summed E-state index contributed by atoms with van der Waals surface area (Å²) in [6, 6.07) is 9.45. The highest BCUT2D eigenvalue weighted by atomic mass is 16.1. The molecule has 1 N–H and O–H groups in total. The van der Waals surface area contributed by atoms with Crippen molar-refractivity contribution in [2.24, 2.45) is 0 Å². The summed E-state index contributed by atoms with van der Waals surface area (Å²) in [7, 11) is 3.82. The van der Waals surface area contributed by atoms with Crippen LogP contribution in [0, 0.1) is 0 Å². The Morgan fingerprint density at radius 2 is 1.94 bits per heavy atom. The number of carbonyl (C=O) groups is 1. The molecule has 1 aromatic carbocycles. The Bertz CT molecular complexity index is 405. The first-order valence-electron chi connectivity index (χ1n) is 6.61. The molecule has 0 aromatic heterocycles. The Labute approximate surface area is 109 Å². The zero-order valence-corrected chi connectivity index (χ0v) is 11.4. The second-order valence-electron chi connectivity index (χ2n) is 5.22. The summed E-state index contributed by atoms with van der Waals surface area (Å²) in [6.07, 6.45) is 2.77. The maximum absolute atomic E-state index is 11.4. The van der Waals surface area contributed by atoms with Crippen molar-refractivity contribution in [2.45, 2.75) is 38.3 Å². The van der Waals surface area contributed by atoms with E-state index >= 15 is 0 Å². The summed E-state index contributed by atoms with van der Waals surface area (Å²) in [6.45, 7) is 2.12. The van der Waals surface area contributed by atoms with E-state index in [0.29, 0.717) is 12.5 Å². The Balaban J connectivity index is 1.96. The number of carbonyl (C=O) groups excluding carboxylic acids is 1. The number of nitrogens with zero attached hydrogens (tertiary/aromatic N) is 1. The molecular formula is C15H22N2O. The number of hydrogen-bond acceptors (Lipinski definition) is 2. The lowest BCUT2D eigenvalue weighted by Crippen LogP contribution is -2.41. The Morgan fingerprint density at radius 1 is 1.39 bits per heavy atom. The van der Waals surface area contributed by atoms with Gasteiger partial charge >= 0.3 is 0 Å². The molecule has 1 atom stereocenters. The molecule has 0 saturated carbocycles. The van der Waals surface area contributed by atoms with Crippen LogP contribution in [0.2, 0.25) is 0 Å². The van der Waals surface area contributed by atoms with Gasteiger partial charge in [0.05, 0.1) is 0 Å². The van der Waals surface area contributed by atoms with Gasteiger partial charge in [-0.05, 0) is 37.9 Å². The van der Waals surface area contributed by atoms with Gasteiger partial charge in [0.1, 0.15) is 0 Å². The summed E-state index contributed by atoms with van der Waals surface area (Å²) in [5.41, 5.74) is 2.92. The van der Waals surface area contributed by atoms with E-state index in [1.165, 1.54) is 11.1 Å². The molecule has 18 heavy (non-hydrogen) atoms. The molecule has 0 aliphatic heterocycles. The number of amides is 1. The van der Waals surface area contributed by atoms with Gasteiger partial charge in [0, 0.05) is 25.6 Å². The van der Waals surface area contributed by atoms with Crippen LogP contribution < -0.4 is 5.32 Å². The Morgan fingerprint density at radius 3 is 2.44 bits per heavy atom. The molecule has 0 radical (unpaired) electrons. The SMILES string of the molecule is CNC(=O)C[C@@H](C)N(C)C1Cc2ccccc2C1. The van der Waals surface area contributed by atoms with E-state index in [-0.39, 0.29) is 11.9 Å². The first kappa shape index (κ1) is 13.1. The maximum Gasteiger partial charge on any atom is 0.221 e. The normalized spacial score (nSPS) is 16.7. The number of nitrogens with one attached hydrogen (secondary N) is 1. The van der Waals surface area contributed by atoms with E-state index in [1.807, 2.05) is 0 Å². The van der Waals surface area contributed by atoms with Crippen molar-refractivity contribution < 1.29 is 4.79 Å². The van der Waals surface area contributed by atoms with Gasteiger partial charge in [-0.3, -0.25) is 9.69 Å². The maximum atomic E-state index is 11.4. The lowest BCUT2D eigenvalue weighted by atomic mass is 10.1. The fraction of sp³-hybridized carbons (Fsp3) is 0.533. The fourth-order valence-electron chi connectivity index (χ4n) is 2.70. The third-order valence-electron chi connectivity index (χ3n) is 4.06. The summed E-state index contributed by atoms with van der Waals surface area (Å²) in [5.74, 6) is 0.116. The van der Waals surface area contributed by atoms with E-state index in [1.54, 1.807) is 7.05 Å². The number of likely N-dealkylation sites (N-methyl/N-ethyl adjacent to an activating group) is 1. The zero-order chi connectivity index (χ0) is 13.1. The van der Waals surface area contributed by atoms with Gasteiger partial charge in [-0.1, -0.05) is 24.3 Å². The van der Waals surface area contributed by atoms with Gasteiger partial charge in [-0.15, -0.1) is 0 Å². The molecule has 98 valence electrons. The molecular weight excluding hydrogens is 224 g/mol. The van der Waals surface area contributed by atoms with Crippen LogP contribution in [0.15, 0.2) is 24.3 Å². The summed E-state index contributed by atoms with van der Waals surface area (Å²) in [4.78, 5) is 13.8. The predicted octanol–water partition coefficient (Wildman–Crippen LogP) is 1.61. The van der Waals surface area contributed by atoms with Crippen molar-refractivity contribution in [1.82, 2.24) is 10.2 Å². The van der Waals surface area contributed by atoms with Gasteiger partial charge in [0.15, 0.2) is 0 Å². The van der Waals surface area contributed by atoms with E-state index in [4.69, 9.17) is 0 Å². The van der Waals surface area contributed by atoms with Gasteiger partial charge in [0.25, 0.3) is 0 Å². The molecule has 0 unspecified atom stereocenters. The number of rotatable bonds is 4. The van der Waals surface area contributed by atoms with Crippen molar-refractivity contribution >= 4 is 5.91 Å². The van der Waals surface area contributed by atoms with Crippen molar-refractivity contribution in [3.05, 3.63) is 35.4 Å². The van der Waals surface area contributed by atoms with Crippen molar-refractivity contribution in [3.8, 4) is 0 Å². The van der Waals surface area contributed by atoms with Gasteiger partial charge < -0.3 is 5.32 Å². The largest absolute Gasteiger partial charge is 0.359 e. The highest BCUT2D eigenvalue weighted by molar-refractivity contribution is 5.76. The molecule has 1 aliphatic carbocycles. The van der Waals surface area contributed by atoms with Gasteiger partial charge in [-0.2, -0.15) is 0 Å². The van der Waals surface area contributed by atoms with Gasteiger partial charge in [-0.25, -0.2) is 0 Å². The van der Waals surface area contributed by atoms with Crippen LogP contribution in [0.4, 0.5) is 0 Å². The predicted molar refractivity (Wildman–Crippen MR) is 73.5 cm³/mol. The standard InChI is InChI=1S/C15H22N2O/c1-11(8-15(18)16-2)17(3)14-9-12-6-4-5-7-13(12)10-14/h4-7,11,14H,8-10H2,1-3H3,(H,16,18)/t11-/m1/s1. The quantitative estimate of drug-likeness (QED) is 0.875. The van der Waals surface area contributed by atoms with Gasteiger partial charge in [0.2, 0.25) is 5.91 Å². The molecule has 3 nitrogen and oxygen atoms in total. The fourth-order valence-corrected chi connectivity index (χ4v) is 2.70. The average molecular weight is 246 g/mol. The van der Waals surface area contributed by atoms with Crippen LogP contribution in [0.25, 0.3) is 0 Å². The second-order valence-corrected chi connectivity index (χ2v) is 5.22. The minimum Gasteiger partial charge on any atom is -0.359 e. The number of fused-ring (bicyclic) bond motifs is 1. The van der Waals surface area contributed by atoms with Crippen LogP contribution in [0.3, 0.4) is 0 Å². The molecule has 1 aromatic rings. The topological polar surface area (TPSA) is 32.3 Å². The first-order chi connectivity index (χ1) is 8.61. The Kier molecular flexibility index (Phi) is 4.02. The molecule has 0 fully saturated rings. The summed E-state index contributed by atoms with van der Waals surface area (Å²) in [5, 5.41) is 2.69. The van der Waals surface area contributed by atoms with Crippen LogP contribution in [0.1, 0.15) is 24.5 Å².